The van der Waals surface area contributed by atoms with Crippen molar-refractivity contribution in [2.24, 2.45) is 0 Å². The predicted molar refractivity (Wildman–Crippen MR) is 89.0 cm³/mol. The van der Waals surface area contributed by atoms with Gasteiger partial charge in [0.15, 0.2) is 0 Å². The molecule has 6 heteroatoms. The molecule has 0 aromatic carbocycles. The fraction of sp³-hybridized carbons (Fsp3) is 0.667. The zero-order valence-corrected chi connectivity index (χ0v) is 15.0. The van der Waals surface area contributed by atoms with E-state index in [4.69, 9.17) is 18.9 Å². The smallest absolute Gasteiger partial charge is 0.335 e. The van der Waals surface area contributed by atoms with Crippen molar-refractivity contribution in [2.75, 3.05) is 0 Å². The van der Waals surface area contributed by atoms with E-state index in [0.717, 1.165) is 25.7 Å². The predicted octanol–water partition coefficient (Wildman–Crippen LogP) is 3.26. The van der Waals surface area contributed by atoms with E-state index >= 15 is 0 Å². The average Bonchev–Trinajstić information content (AvgIpc) is 2.48. The van der Waals surface area contributed by atoms with Crippen LogP contribution in [0.15, 0.2) is 24.3 Å². The van der Waals surface area contributed by atoms with E-state index < -0.39 is 24.5 Å². The quantitative estimate of drug-likeness (QED) is 0.384. The standard InChI is InChI=1S/C18H28O6/c1-11(2)17(19)23-13(5)21-15-7-9-16(10-8-15)22-14(6)24-18(20)12(3)4/h13-16H,1,3,7-10H2,2,4-6H3. The Morgan fingerprint density at radius 3 is 1.33 bits per heavy atom. The molecule has 0 saturated heterocycles. The molecule has 0 amide bonds. The number of rotatable bonds is 8. The first-order valence-electron chi connectivity index (χ1n) is 8.23. The van der Waals surface area contributed by atoms with Gasteiger partial charge >= 0.3 is 11.9 Å². The van der Waals surface area contributed by atoms with Gasteiger partial charge in [-0.1, -0.05) is 13.2 Å². The summed E-state index contributed by atoms with van der Waals surface area (Å²) in [6.07, 6.45) is 2.00. The first-order chi connectivity index (χ1) is 11.2. The third kappa shape index (κ3) is 7.27. The van der Waals surface area contributed by atoms with Crippen LogP contribution < -0.4 is 0 Å². The second-order valence-corrected chi connectivity index (χ2v) is 6.18. The van der Waals surface area contributed by atoms with Gasteiger partial charge in [-0.05, 0) is 53.4 Å². The van der Waals surface area contributed by atoms with E-state index in [2.05, 4.69) is 13.2 Å². The summed E-state index contributed by atoms with van der Waals surface area (Å²) in [6, 6.07) is 0. The van der Waals surface area contributed by atoms with Gasteiger partial charge in [0.2, 0.25) is 12.6 Å². The highest BCUT2D eigenvalue weighted by atomic mass is 16.7. The molecule has 24 heavy (non-hydrogen) atoms. The molecule has 0 N–H and O–H groups in total. The van der Waals surface area contributed by atoms with Crippen molar-refractivity contribution < 1.29 is 28.5 Å². The molecule has 0 heterocycles. The number of ether oxygens (including phenoxy) is 4. The molecule has 0 aromatic heterocycles. The Hall–Kier alpha value is -1.66. The van der Waals surface area contributed by atoms with Gasteiger partial charge in [-0.25, -0.2) is 9.59 Å². The fourth-order valence-corrected chi connectivity index (χ4v) is 2.40. The molecule has 1 saturated carbocycles. The fourth-order valence-electron chi connectivity index (χ4n) is 2.40. The Morgan fingerprint density at radius 2 is 1.08 bits per heavy atom. The number of hydrogen-bond acceptors (Lipinski definition) is 6. The van der Waals surface area contributed by atoms with E-state index in [-0.39, 0.29) is 12.2 Å². The minimum Gasteiger partial charge on any atom is -0.433 e. The van der Waals surface area contributed by atoms with Crippen LogP contribution in [0.5, 0.6) is 0 Å². The van der Waals surface area contributed by atoms with Gasteiger partial charge in [0.05, 0.1) is 12.2 Å². The van der Waals surface area contributed by atoms with Gasteiger partial charge in [-0.15, -0.1) is 0 Å². The van der Waals surface area contributed by atoms with Crippen LogP contribution in [0.1, 0.15) is 53.4 Å². The largest absolute Gasteiger partial charge is 0.433 e. The molecule has 1 aliphatic carbocycles. The molecular weight excluding hydrogens is 312 g/mol. The normalized spacial score (nSPS) is 23.0. The maximum absolute atomic E-state index is 11.4. The summed E-state index contributed by atoms with van der Waals surface area (Å²) in [6.45, 7) is 13.7. The van der Waals surface area contributed by atoms with Gasteiger partial charge in [-0.2, -0.15) is 0 Å². The summed E-state index contributed by atoms with van der Waals surface area (Å²) in [5, 5.41) is 0. The molecule has 2 atom stereocenters. The van der Waals surface area contributed by atoms with Gasteiger partial charge < -0.3 is 18.9 Å². The van der Waals surface area contributed by atoms with Crippen molar-refractivity contribution in [3.8, 4) is 0 Å². The molecule has 0 bridgehead atoms. The molecular formula is C18H28O6. The lowest BCUT2D eigenvalue weighted by Crippen LogP contribution is -2.33. The Balaban J connectivity index is 2.28. The van der Waals surface area contributed by atoms with E-state index in [1.54, 1.807) is 27.7 Å². The summed E-state index contributed by atoms with van der Waals surface area (Å²) >= 11 is 0. The van der Waals surface area contributed by atoms with E-state index in [1.807, 2.05) is 0 Å². The van der Waals surface area contributed by atoms with Gasteiger partial charge in [0.1, 0.15) is 0 Å². The molecule has 1 aliphatic rings. The summed E-state index contributed by atoms with van der Waals surface area (Å²) in [7, 11) is 0. The molecule has 2 unspecified atom stereocenters. The SMILES string of the molecule is C=C(C)C(=O)OC(C)OC1CCC(OC(C)OC(=O)C(=C)C)CC1. The first-order valence-corrected chi connectivity index (χ1v) is 8.23. The number of carbonyl (C=O) groups is 2. The topological polar surface area (TPSA) is 71.1 Å². The average molecular weight is 340 g/mol. The Kier molecular flexibility index (Phi) is 8.15. The summed E-state index contributed by atoms with van der Waals surface area (Å²) in [5.74, 6) is -0.902. The Bertz CT molecular complexity index is 432. The lowest BCUT2D eigenvalue weighted by atomic mass is 9.95. The number of hydrogen-bond donors (Lipinski definition) is 0. The Labute approximate surface area is 143 Å². The van der Waals surface area contributed by atoms with Crippen molar-refractivity contribution in [1.29, 1.82) is 0 Å². The van der Waals surface area contributed by atoms with Crippen LogP contribution in [0.4, 0.5) is 0 Å². The van der Waals surface area contributed by atoms with Gasteiger partial charge in [0, 0.05) is 11.1 Å². The van der Waals surface area contributed by atoms with Crippen LogP contribution in [0, 0.1) is 0 Å². The van der Waals surface area contributed by atoms with Crippen LogP contribution in [0.25, 0.3) is 0 Å². The number of esters is 2. The molecule has 136 valence electrons. The third-order valence-electron chi connectivity index (χ3n) is 3.63. The van der Waals surface area contributed by atoms with Crippen molar-refractivity contribution in [1.82, 2.24) is 0 Å². The highest BCUT2D eigenvalue weighted by molar-refractivity contribution is 5.87. The van der Waals surface area contributed by atoms with Crippen molar-refractivity contribution >= 4 is 11.9 Å². The second-order valence-electron chi connectivity index (χ2n) is 6.18. The zero-order chi connectivity index (χ0) is 18.3. The van der Waals surface area contributed by atoms with E-state index in [0.29, 0.717) is 11.1 Å². The minimum absolute atomic E-state index is 0.0195. The molecule has 0 spiro atoms. The number of carbonyl (C=O) groups excluding carboxylic acids is 2. The van der Waals surface area contributed by atoms with Crippen LogP contribution in [-0.4, -0.2) is 36.7 Å². The van der Waals surface area contributed by atoms with Crippen LogP contribution in [0.2, 0.25) is 0 Å². The summed E-state index contributed by atoms with van der Waals surface area (Å²) < 4.78 is 21.7. The van der Waals surface area contributed by atoms with Crippen molar-refractivity contribution in [3.63, 3.8) is 0 Å². The molecule has 1 fully saturated rings. The minimum atomic E-state index is -0.605. The van der Waals surface area contributed by atoms with Gasteiger partial charge in [0.25, 0.3) is 0 Å². The maximum Gasteiger partial charge on any atom is 0.335 e. The maximum atomic E-state index is 11.4. The van der Waals surface area contributed by atoms with Crippen molar-refractivity contribution in [2.45, 2.75) is 78.2 Å². The Morgan fingerprint density at radius 1 is 0.792 bits per heavy atom. The molecule has 6 nitrogen and oxygen atoms in total. The van der Waals surface area contributed by atoms with E-state index in [1.165, 1.54) is 0 Å². The molecule has 0 aliphatic heterocycles. The van der Waals surface area contributed by atoms with Crippen LogP contribution in [-0.2, 0) is 28.5 Å². The highest BCUT2D eigenvalue weighted by Crippen LogP contribution is 2.25. The lowest BCUT2D eigenvalue weighted by molar-refractivity contribution is -0.198. The third-order valence-corrected chi connectivity index (χ3v) is 3.63. The van der Waals surface area contributed by atoms with Crippen LogP contribution >= 0.6 is 0 Å². The monoisotopic (exact) mass is 340 g/mol. The van der Waals surface area contributed by atoms with Crippen LogP contribution in [0.3, 0.4) is 0 Å². The highest BCUT2D eigenvalue weighted by Gasteiger charge is 2.26. The lowest BCUT2D eigenvalue weighted by Gasteiger charge is -2.31. The molecule has 0 aromatic rings. The van der Waals surface area contributed by atoms with E-state index in [9.17, 15) is 9.59 Å². The van der Waals surface area contributed by atoms with Gasteiger partial charge in [-0.3, -0.25) is 0 Å². The summed E-state index contributed by atoms with van der Waals surface area (Å²) in [4.78, 5) is 22.9. The molecule has 0 radical (unpaired) electrons. The van der Waals surface area contributed by atoms with Crippen molar-refractivity contribution in [3.05, 3.63) is 24.3 Å². The second kappa shape index (κ2) is 9.59. The zero-order valence-electron chi connectivity index (χ0n) is 15.0. The first kappa shape index (κ1) is 20.4. The molecule has 1 rings (SSSR count). The summed E-state index contributed by atoms with van der Waals surface area (Å²) in [5.41, 5.74) is 0.696.